The Morgan fingerprint density at radius 2 is 1.91 bits per heavy atom. The average molecular weight is 465 g/mol. The molecule has 34 heavy (non-hydrogen) atoms. The minimum absolute atomic E-state index is 0.0123. The van der Waals surface area contributed by atoms with Gasteiger partial charge < -0.3 is 10.1 Å². The lowest BCUT2D eigenvalue weighted by atomic mass is 10.0. The number of carbonyl (C=O) groups excluding carboxylic acids is 1. The third kappa shape index (κ3) is 5.03. The number of nitrogens with zero attached hydrogens (tertiary/aromatic N) is 6. The highest BCUT2D eigenvalue weighted by Crippen LogP contribution is 2.31. The normalized spacial score (nSPS) is 11.9. The standard InChI is InChI=1S/C23H21F2N7O2/c1-13(2)22-29-30-31-32(22)17-8-15(19-5-4-16(24)10-20(19)25)9-18(11-17)34-23(33)28-14(3)21-12-26-6-7-27-21/h4-14H,1-3H3,(H,28,33). The molecule has 1 unspecified atom stereocenters. The van der Waals surface area contributed by atoms with Crippen molar-refractivity contribution in [2.45, 2.75) is 32.7 Å². The van der Waals surface area contributed by atoms with Crippen LogP contribution in [0.2, 0.25) is 0 Å². The topological polar surface area (TPSA) is 108 Å². The second-order valence-corrected chi connectivity index (χ2v) is 7.83. The SMILES string of the molecule is CC(C)c1nnnn1-c1cc(OC(=O)NC(C)c2cnccn2)cc(-c2ccc(F)cc2F)c1. The molecule has 1 amide bonds. The molecule has 0 fully saturated rings. The summed E-state index contributed by atoms with van der Waals surface area (Å²) < 4.78 is 35.0. The first-order valence-electron chi connectivity index (χ1n) is 10.4. The molecular formula is C23H21F2N7O2. The van der Waals surface area contributed by atoms with Crippen LogP contribution in [0.25, 0.3) is 16.8 Å². The summed E-state index contributed by atoms with van der Waals surface area (Å²) in [7, 11) is 0. The summed E-state index contributed by atoms with van der Waals surface area (Å²) in [5.41, 5.74) is 1.47. The third-order valence-electron chi connectivity index (χ3n) is 4.96. The maximum atomic E-state index is 14.6. The first kappa shape index (κ1) is 22.9. The molecule has 2 heterocycles. The zero-order valence-corrected chi connectivity index (χ0v) is 18.6. The maximum absolute atomic E-state index is 14.6. The van der Waals surface area contributed by atoms with E-state index in [1.54, 1.807) is 19.1 Å². The van der Waals surface area contributed by atoms with E-state index in [4.69, 9.17) is 4.74 Å². The number of rotatable bonds is 6. The Kier molecular flexibility index (Phi) is 6.53. The summed E-state index contributed by atoms with van der Waals surface area (Å²) in [5.74, 6) is -0.797. The lowest BCUT2D eigenvalue weighted by Crippen LogP contribution is -2.30. The van der Waals surface area contributed by atoms with Crippen LogP contribution in [0.4, 0.5) is 13.6 Å². The van der Waals surface area contributed by atoms with Crippen molar-refractivity contribution in [2.75, 3.05) is 0 Å². The van der Waals surface area contributed by atoms with E-state index in [9.17, 15) is 13.6 Å². The number of tetrazole rings is 1. The molecule has 11 heteroatoms. The Labute approximate surface area is 193 Å². The molecule has 0 saturated carbocycles. The monoisotopic (exact) mass is 465 g/mol. The van der Waals surface area contributed by atoms with Crippen molar-refractivity contribution in [3.05, 3.63) is 78.1 Å². The Morgan fingerprint density at radius 3 is 2.62 bits per heavy atom. The number of nitrogens with one attached hydrogen (secondary N) is 1. The van der Waals surface area contributed by atoms with Gasteiger partial charge in [-0.2, -0.15) is 4.68 Å². The minimum Gasteiger partial charge on any atom is -0.410 e. The van der Waals surface area contributed by atoms with Crippen LogP contribution in [0.5, 0.6) is 5.75 Å². The van der Waals surface area contributed by atoms with Crippen LogP contribution < -0.4 is 10.1 Å². The van der Waals surface area contributed by atoms with Gasteiger partial charge in [0.2, 0.25) is 0 Å². The zero-order chi connectivity index (χ0) is 24.2. The van der Waals surface area contributed by atoms with Crippen LogP contribution >= 0.6 is 0 Å². The Morgan fingerprint density at radius 1 is 1.09 bits per heavy atom. The highest BCUT2D eigenvalue weighted by atomic mass is 19.1. The van der Waals surface area contributed by atoms with E-state index in [0.717, 1.165) is 12.1 Å². The van der Waals surface area contributed by atoms with E-state index in [2.05, 4.69) is 30.8 Å². The number of benzene rings is 2. The molecule has 1 N–H and O–H groups in total. The van der Waals surface area contributed by atoms with Crippen molar-refractivity contribution < 1.29 is 18.3 Å². The third-order valence-corrected chi connectivity index (χ3v) is 4.96. The van der Waals surface area contributed by atoms with Gasteiger partial charge in [-0.3, -0.25) is 9.97 Å². The summed E-state index contributed by atoms with van der Waals surface area (Å²) in [6.45, 7) is 5.58. The highest BCUT2D eigenvalue weighted by Gasteiger charge is 2.18. The summed E-state index contributed by atoms with van der Waals surface area (Å²) in [6.07, 6.45) is 3.83. The number of hydrogen-bond donors (Lipinski definition) is 1. The number of aromatic nitrogens is 6. The number of hydrogen-bond acceptors (Lipinski definition) is 7. The summed E-state index contributed by atoms with van der Waals surface area (Å²) >= 11 is 0. The zero-order valence-electron chi connectivity index (χ0n) is 18.6. The smallest absolute Gasteiger partial charge is 0.410 e. The molecule has 0 spiro atoms. The van der Waals surface area contributed by atoms with E-state index in [1.807, 2.05) is 13.8 Å². The molecule has 0 aliphatic rings. The second-order valence-electron chi connectivity index (χ2n) is 7.83. The van der Waals surface area contributed by atoms with Gasteiger partial charge >= 0.3 is 6.09 Å². The van der Waals surface area contributed by atoms with Gasteiger partial charge in [-0.05, 0) is 47.2 Å². The van der Waals surface area contributed by atoms with Crippen molar-refractivity contribution in [1.82, 2.24) is 35.5 Å². The fraction of sp³-hybridized carbons (Fsp3) is 0.217. The number of amides is 1. The Balaban J connectivity index is 1.70. The van der Waals surface area contributed by atoms with Crippen LogP contribution in [0.3, 0.4) is 0 Å². The van der Waals surface area contributed by atoms with Crippen molar-refractivity contribution in [3.8, 4) is 22.6 Å². The van der Waals surface area contributed by atoms with Crippen LogP contribution in [0.15, 0.2) is 55.0 Å². The van der Waals surface area contributed by atoms with Crippen LogP contribution in [-0.2, 0) is 0 Å². The molecule has 9 nitrogen and oxygen atoms in total. The van der Waals surface area contributed by atoms with Crippen LogP contribution in [0.1, 0.15) is 44.2 Å². The van der Waals surface area contributed by atoms with Crippen LogP contribution in [0, 0.1) is 11.6 Å². The molecule has 1 atom stereocenters. The molecule has 0 saturated heterocycles. The molecule has 0 aliphatic heterocycles. The quantitative estimate of drug-likeness (QED) is 0.450. The van der Waals surface area contributed by atoms with Gasteiger partial charge in [0.15, 0.2) is 5.82 Å². The van der Waals surface area contributed by atoms with Gasteiger partial charge in [-0.15, -0.1) is 5.10 Å². The predicted octanol–water partition coefficient (Wildman–Crippen LogP) is 4.37. The Hall–Kier alpha value is -4.28. The molecular weight excluding hydrogens is 444 g/mol. The van der Waals surface area contributed by atoms with E-state index in [-0.39, 0.29) is 17.2 Å². The largest absolute Gasteiger partial charge is 0.413 e. The average Bonchev–Trinajstić information content (AvgIpc) is 3.30. The lowest BCUT2D eigenvalue weighted by molar-refractivity contribution is 0.196. The molecule has 174 valence electrons. The summed E-state index contributed by atoms with van der Waals surface area (Å²) in [6, 6.07) is 7.45. The summed E-state index contributed by atoms with van der Waals surface area (Å²) in [5, 5.41) is 14.4. The highest BCUT2D eigenvalue weighted by molar-refractivity contribution is 5.74. The molecule has 0 radical (unpaired) electrons. The molecule has 4 rings (SSSR count). The van der Waals surface area contributed by atoms with Gasteiger partial charge in [-0.25, -0.2) is 13.6 Å². The van der Waals surface area contributed by atoms with Crippen LogP contribution in [-0.4, -0.2) is 36.3 Å². The lowest BCUT2D eigenvalue weighted by Gasteiger charge is -2.15. The van der Waals surface area contributed by atoms with Gasteiger partial charge in [0.05, 0.1) is 23.6 Å². The molecule has 0 aliphatic carbocycles. The van der Waals surface area contributed by atoms with Gasteiger partial charge in [-0.1, -0.05) is 13.8 Å². The van der Waals surface area contributed by atoms with Crippen molar-refractivity contribution in [3.63, 3.8) is 0 Å². The number of halogens is 2. The number of ether oxygens (including phenoxy) is 1. The van der Waals surface area contributed by atoms with Gasteiger partial charge in [0.1, 0.15) is 17.4 Å². The van der Waals surface area contributed by atoms with E-state index < -0.39 is 23.8 Å². The fourth-order valence-corrected chi connectivity index (χ4v) is 3.30. The van der Waals surface area contributed by atoms with Gasteiger partial charge in [0, 0.05) is 36.0 Å². The van der Waals surface area contributed by atoms with E-state index >= 15 is 0 Å². The van der Waals surface area contributed by atoms with Crippen molar-refractivity contribution in [2.24, 2.45) is 0 Å². The molecule has 2 aromatic carbocycles. The second kappa shape index (κ2) is 9.69. The Bertz CT molecular complexity index is 1310. The summed E-state index contributed by atoms with van der Waals surface area (Å²) in [4.78, 5) is 20.7. The molecule has 4 aromatic rings. The van der Waals surface area contributed by atoms with Crippen molar-refractivity contribution in [1.29, 1.82) is 0 Å². The fourth-order valence-electron chi connectivity index (χ4n) is 3.30. The number of carbonyl (C=O) groups is 1. The first-order chi connectivity index (χ1) is 16.3. The predicted molar refractivity (Wildman–Crippen MR) is 118 cm³/mol. The minimum atomic E-state index is -0.760. The molecule has 0 bridgehead atoms. The van der Waals surface area contributed by atoms with E-state index in [1.165, 1.54) is 35.4 Å². The van der Waals surface area contributed by atoms with E-state index in [0.29, 0.717) is 22.8 Å². The van der Waals surface area contributed by atoms with Gasteiger partial charge in [0.25, 0.3) is 0 Å². The molecule has 2 aromatic heterocycles. The maximum Gasteiger partial charge on any atom is 0.413 e. The van der Waals surface area contributed by atoms with Crippen molar-refractivity contribution >= 4 is 6.09 Å². The first-order valence-corrected chi connectivity index (χ1v) is 10.4.